The predicted octanol–water partition coefficient (Wildman–Crippen LogP) is 2.34. The quantitative estimate of drug-likeness (QED) is 0.650. The summed E-state index contributed by atoms with van der Waals surface area (Å²) in [5.41, 5.74) is 2.56. The number of amides is 1. The molecule has 0 saturated carbocycles. The first kappa shape index (κ1) is 17.2. The number of carbonyl (C=O) groups excluding carboxylic acids is 2. The topological polar surface area (TPSA) is 77.3 Å². The molecule has 1 aliphatic rings. The molecule has 1 saturated heterocycles. The van der Waals surface area contributed by atoms with Crippen molar-refractivity contribution in [3.63, 3.8) is 0 Å². The number of ether oxygens (including phenoxy) is 1. The molecule has 1 fully saturated rings. The normalized spacial score (nSPS) is 18.0. The van der Waals surface area contributed by atoms with E-state index in [4.69, 9.17) is 4.74 Å². The molecule has 1 unspecified atom stereocenters. The number of fused-ring (bicyclic) bond motifs is 1. The second kappa shape index (κ2) is 7.19. The molecule has 3 aromatic rings. The molecule has 27 heavy (non-hydrogen) atoms. The van der Waals surface area contributed by atoms with E-state index in [1.165, 1.54) is 7.11 Å². The Morgan fingerprint density at radius 2 is 1.93 bits per heavy atom. The SMILES string of the molecule is COC(=O)[C@H](Cc1ccccc1)N1C(=O)CCC1n1nnc2ccccc21. The minimum atomic E-state index is -0.708. The summed E-state index contributed by atoms with van der Waals surface area (Å²) in [6, 6.07) is 16.5. The summed E-state index contributed by atoms with van der Waals surface area (Å²) in [7, 11) is 1.35. The highest BCUT2D eigenvalue weighted by Gasteiger charge is 2.42. The first-order valence-electron chi connectivity index (χ1n) is 8.92. The lowest BCUT2D eigenvalue weighted by molar-refractivity contribution is -0.153. The van der Waals surface area contributed by atoms with Crippen molar-refractivity contribution in [1.82, 2.24) is 19.9 Å². The Labute approximate surface area is 156 Å². The summed E-state index contributed by atoms with van der Waals surface area (Å²) in [6.07, 6.45) is 0.968. The van der Waals surface area contributed by atoms with Crippen molar-refractivity contribution in [3.05, 3.63) is 60.2 Å². The van der Waals surface area contributed by atoms with Crippen LogP contribution < -0.4 is 0 Å². The maximum absolute atomic E-state index is 12.7. The lowest BCUT2D eigenvalue weighted by atomic mass is 10.0. The number of nitrogens with zero attached hydrogens (tertiary/aromatic N) is 4. The van der Waals surface area contributed by atoms with Crippen LogP contribution in [0.5, 0.6) is 0 Å². The summed E-state index contributed by atoms with van der Waals surface area (Å²) in [4.78, 5) is 26.9. The van der Waals surface area contributed by atoms with Crippen LogP contribution in [0.15, 0.2) is 54.6 Å². The van der Waals surface area contributed by atoms with Crippen molar-refractivity contribution in [2.24, 2.45) is 0 Å². The van der Waals surface area contributed by atoms with Crippen LogP contribution in [0.4, 0.5) is 0 Å². The van der Waals surface area contributed by atoms with E-state index in [9.17, 15) is 9.59 Å². The molecule has 1 aromatic heterocycles. The highest BCUT2D eigenvalue weighted by molar-refractivity contribution is 5.86. The molecule has 0 N–H and O–H groups in total. The third kappa shape index (κ3) is 3.16. The second-order valence-corrected chi connectivity index (χ2v) is 6.57. The number of hydrogen-bond acceptors (Lipinski definition) is 5. The number of rotatable bonds is 5. The number of hydrogen-bond donors (Lipinski definition) is 0. The molecule has 0 spiro atoms. The van der Waals surface area contributed by atoms with Crippen molar-refractivity contribution in [2.75, 3.05) is 7.11 Å². The molecule has 7 nitrogen and oxygen atoms in total. The van der Waals surface area contributed by atoms with Gasteiger partial charge in [-0.25, -0.2) is 9.48 Å². The maximum Gasteiger partial charge on any atom is 0.329 e. The maximum atomic E-state index is 12.7. The Kier molecular flexibility index (Phi) is 4.58. The molecule has 0 radical (unpaired) electrons. The Morgan fingerprint density at radius 3 is 2.70 bits per heavy atom. The van der Waals surface area contributed by atoms with E-state index >= 15 is 0 Å². The summed E-state index contributed by atoms with van der Waals surface area (Å²) in [6.45, 7) is 0. The van der Waals surface area contributed by atoms with Gasteiger partial charge < -0.3 is 9.64 Å². The van der Waals surface area contributed by atoms with Crippen LogP contribution in [0, 0.1) is 0 Å². The summed E-state index contributed by atoms with van der Waals surface area (Å²) in [5, 5.41) is 8.45. The molecule has 7 heteroatoms. The second-order valence-electron chi connectivity index (χ2n) is 6.57. The van der Waals surface area contributed by atoms with Crippen LogP contribution in [0.2, 0.25) is 0 Å². The number of likely N-dealkylation sites (tertiary alicyclic amines) is 1. The average Bonchev–Trinajstić information content (AvgIpc) is 3.29. The minimum absolute atomic E-state index is 0.0779. The van der Waals surface area contributed by atoms with Gasteiger partial charge in [0.25, 0.3) is 0 Å². The van der Waals surface area contributed by atoms with E-state index in [1.54, 1.807) is 9.58 Å². The van der Waals surface area contributed by atoms with Crippen molar-refractivity contribution >= 4 is 22.9 Å². The fourth-order valence-electron chi connectivity index (χ4n) is 3.68. The van der Waals surface area contributed by atoms with Crippen molar-refractivity contribution in [2.45, 2.75) is 31.5 Å². The van der Waals surface area contributed by atoms with E-state index in [-0.39, 0.29) is 12.1 Å². The van der Waals surface area contributed by atoms with Crippen molar-refractivity contribution in [3.8, 4) is 0 Å². The molecule has 2 atom stereocenters. The molecule has 2 heterocycles. The third-order valence-electron chi connectivity index (χ3n) is 4.97. The first-order valence-corrected chi connectivity index (χ1v) is 8.92. The van der Waals surface area contributed by atoms with E-state index < -0.39 is 12.0 Å². The Balaban J connectivity index is 1.72. The zero-order valence-corrected chi connectivity index (χ0v) is 15.0. The third-order valence-corrected chi connectivity index (χ3v) is 4.97. The highest BCUT2D eigenvalue weighted by Crippen LogP contribution is 2.33. The Morgan fingerprint density at radius 1 is 1.19 bits per heavy atom. The van der Waals surface area contributed by atoms with Crippen LogP contribution >= 0.6 is 0 Å². The monoisotopic (exact) mass is 364 g/mol. The standard InChI is InChI=1S/C20H20N4O3/c1-27-20(26)17(13-14-7-3-2-4-8-14)23-18(11-12-19(23)25)24-16-10-6-5-9-15(16)21-22-24/h2-10,17-18H,11-13H2,1H3/t17-,18?/m0/s1. The van der Waals surface area contributed by atoms with Crippen molar-refractivity contribution in [1.29, 1.82) is 0 Å². The van der Waals surface area contributed by atoms with Gasteiger partial charge in [-0.2, -0.15) is 0 Å². The van der Waals surface area contributed by atoms with Gasteiger partial charge in [0.1, 0.15) is 17.7 Å². The van der Waals surface area contributed by atoms with Crippen LogP contribution in [0.25, 0.3) is 11.0 Å². The van der Waals surface area contributed by atoms with Gasteiger partial charge in [-0.3, -0.25) is 4.79 Å². The van der Waals surface area contributed by atoms with Gasteiger partial charge in [-0.05, 0) is 24.1 Å². The largest absolute Gasteiger partial charge is 0.467 e. The summed E-state index contributed by atoms with van der Waals surface area (Å²) >= 11 is 0. The van der Waals surface area contributed by atoms with E-state index in [0.717, 1.165) is 16.6 Å². The fraction of sp³-hybridized carbons (Fsp3) is 0.300. The molecular formula is C20H20N4O3. The number of aromatic nitrogens is 3. The zero-order chi connectivity index (χ0) is 18.8. The van der Waals surface area contributed by atoms with Gasteiger partial charge in [-0.15, -0.1) is 5.10 Å². The van der Waals surface area contributed by atoms with E-state index in [0.29, 0.717) is 19.3 Å². The average molecular weight is 364 g/mol. The van der Waals surface area contributed by atoms with Gasteiger partial charge in [-0.1, -0.05) is 47.7 Å². The van der Waals surface area contributed by atoms with E-state index in [2.05, 4.69) is 10.3 Å². The lowest BCUT2D eigenvalue weighted by Gasteiger charge is -2.31. The summed E-state index contributed by atoms with van der Waals surface area (Å²) in [5.74, 6) is -0.505. The van der Waals surface area contributed by atoms with Crippen LogP contribution in [0.3, 0.4) is 0 Å². The highest BCUT2D eigenvalue weighted by atomic mass is 16.5. The Bertz CT molecular complexity index is 970. The van der Waals surface area contributed by atoms with Crippen LogP contribution in [-0.4, -0.2) is 44.9 Å². The minimum Gasteiger partial charge on any atom is -0.467 e. The predicted molar refractivity (Wildman–Crippen MR) is 98.6 cm³/mol. The molecule has 0 bridgehead atoms. The van der Waals surface area contributed by atoms with Crippen LogP contribution in [-0.2, 0) is 20.7 Å². The molecule has 1 amide bonds. The van der Waals surface area contributed by atoms with Gasteiger partial charge >= 0.3 is 5.97 Å². The molecule has 4 rings (SSSR count). The summed E-state index contributed by atoms with van der Waals surface area (Å²) < 4.78 is 6.76. The molecule has 138 valence electrons. The number of esters is 1. The number of methoxy groups -OCH3 is 1. The first-order chi connectivity index (χ1) is 13.2. The number of carbonyl (C=O) groups is 2. The van der Waals surface area contributed by atoms with Crippen molar-refractivity contribution < 1.29 is 14.3 Å². The Hall–Kier alpha value is -3.22. The molecule has 2 aromatic carbocycles. The number of para-hydroxylation sites is 1. The van der Waals surface area contributed by atoms with Gasteiger partial charge in [0.15, 0.2) is 0 Å². The molecular weight excluding hydrogens is 344 g/mol. The molecule has 0 aliphatic carbocycles. The van der Waals surface area contributed by atoms with Crippen LogP contribution in [0.1, 0.15) is 24.6 Å². The van der Waals surface area contributed by atoms with Gasteiger partial charge in [0.05, 0.1) is 12.6 Å². The molecule has 1 aliphatic heterocycles. The fourth-order valence-corrected chi connectivity index (χ4v) is 3.68. The lowest BCUT2D eigenvalue weighted by Crippen LogP contribution is -2.46. The smallest absolute Gasteiger partial charge is 0.329 e. The number of benzene rings is 2. The van der Waals surface area contributed by atoms with Gasteiger partial charge in [0.2, 0.25) is 5.91 Å². The van der Waals surface area contributed by atoms with E-state index in [1.807, 2.05) is 54.6 Å². The zero-order valence-electron chi connectivity index (χ0n) is 15.0. The van der Waals surface area contributed by atoms with Gasteiger partial charge in [0, 0.05) is 12.8 Å².